The van der Waals surface area contributed by atoms with Crippen LogP contribution < -0.4 is 4.74 Å². The lowest BCUT2D eigenvalue weighted by molar-refractivity contribution is -0.384. The van der Waals surface area contributed by atoms with Gasteiger partial charge in [-0.05, 0) is 54.1 Å². The normalized spacial score (nSPS) is 14.8. The van der Waals surface area contributed by atoms with Crippen LogP contribution in [0.25, 0.3) is 0 Å². The summed E-state index contributed by atoms with van der Waals surface area (Å²) < 4.78 is 15.9. The monoisotopic (exact) mass is 506 g/mol. The molecule has 0 aliphatic carbocycles. The first kappa shape index (κ1) is 25.6. The summed E-state index contributed by atoms with van der Waals surface area (Å²) >= 11 is 0. The number of rotatable bonds is 10. The van der Waals surface area contributed by atoms with Gasteiger partial charge in [0.15, 0.2) is 0 Å². The highest BCUT2D eigenvalue weighted by Gasteiger charge is 2.36. The molecule has 0 bridgehead atoms. The number of methoxy groups -OCH3 is 2. The van der Waals surface area contributed by atoms with E-state index in [2.05, 4.69) is 5.10 Å². The third-order valence-corrected chi connectivity index (χ3v) is 5.96. The van der Waals surface area contributed by atoms with Crippen molar-refractivity contribution in [3.63, 3.8) is 0 Å². The lowest BCUT2D eigenvalue weighted by Gasteiger charge is -2.26. The zero-order valence-electron chi connectivity index (χ0n) is 20.4. The van der Waals surface area contributed by atoms with E-state index >= 15 is 0 Å². The zero-order chi connectivity index (χ0) is 26.4. The third-order valence-electron chi connectivity index (χ3n) is 5.96. The van der Waals surface area contributed by atoms with E-state index in [1.807, 2.05) is 0 Å². The maximum atomic E-state index is 13.5. The first-order chi connectivity index (χ1) is 17.9. The maximum absolute atomic E-state index is 13.5. The number of non-ortho nitro benzene ring substituents is 1. The van der Waals surface area contributed by atoms with E-state index in [1.165, 1.54) is 42.5 Å². The van der Waals surface area contributed by atoms with Gasteiger partial charge in [0, 0.05) is 37.8 Å². The quantitative estimate of drug-likeness (QED) is 0.303. The van der Waals surface area contributed by atoms with Crippen molar-refractivity contribution in [1.29, 1.82) is 0 Å². The molecule has 4 rings (SSSR count). The molecule has 0 spiro atoms. The predicted octanol–water partition coefficient (Wildman–Crippen LogP) is 3.66. The standard InChI is InChI=1S/C26H26N4O7/c1-35-15-13-28(26(32)19-7-11-21(36-2)12-8-19)17-25(31)29-23(24-4-3-14-37-24)16-22(27-29)18-5-9-20(10-6-18)30(33)34/h3-12,14,23H,13,15-17H2,1-2H3. The number of hydrogen-bond donors (Lipinski definition) is 0. The second-order valence-corrected chi connectivity index (χ2v) is 8.27. The Balaban J connectivity index is 1.58. The minimum Gasteiger partial charge on any atom is -0.497 e. The van der Waals surface area contributed by atoms with E-state index < -0.39 is 16.9 Å². The SMILES string of the molecule is COCCN(CC(=O)N1N=C(c2ccc([N+](=O)[O-])cc2)CC1c1ccco1)C(=O)c1ccc(OC)cc1. The molecular formula is C26H26N4O7. The molecule has 2 heterocycles. The number of furan rings is 1. The summed E-state index contributed by atoms with van der Waals surface area (Å²) in [7, 11) is 3.06. The van der Waals surface area contributed by atoms with Crippen LogP contribution in [-0.4, -0.2) is 66.3 Å². The summed E-state index contributed by atoms with van der Waals surface area (Å²) in [5.41, 5.74) is 1.60. The van der Waals surface area contributed by atoms with Crippen LogP contribution in [0.1, 0.15) is 34.1 Å². The molecule has 0 N–H and O–H groups in total. The Morgan fingerprint density at radius 1 is 1.14 bits per heavy atom. The molecule has 2 aromatic carbocycles. The number of carbonyl (C=O) groups is 2. The van der Waals surface area contributed by atoms with Crippen LogP contribution in [0.4, 0.5) is 5.69 Å². The molecule has 0 fully saturated rings. The molecule has 0 saturated carbocycles. The fourth-order valence-corrected chi connectivity index (χ4v) is 4.00. The van der Waals surface area contributed by atoms with Crippen molar-refractivity contribution in [2.45, 2.75) is 12.5 Å². The van der Waals surface area contributed by atoms with Gasteiger partial charge in [-0.3, -0.25) is 19.7 Å². The number of nitrogens with zero attached hydrogens (tertiary/aromatic N) is 4. The Morgan fingerprint density at radius 2 is 1.86 bits per heavy atom. The lowest BCUT2D eigenvalue weighted by atomic mass is 10.0. The highest BCUT2D eigenvalue weighted by molar-refractivity contribution is 6.03. The third kappa shape index (κ3) is 5.84. The maximum Gasteiger partial charge on any atom is 0.269 e. The number of amides is 2. The van der Waals surface area contributed by atoms with Gasteiger partial charge in [0.05, 0.1) is 30.6 Å². The fourth-order valence-electron chi connectivity index (χ4n) is 4.00. The summed E-state index contributed by atoms with van der Waals surface area (Å²) in [6, 6.07) is 15.6. The number of ether oxygens (including phenoxy) is 2. The van der Waals surface area contributed by atoms with Crippen LogP contribution >= 0.6 is 0 Å². The van der Waals surface area contributed by atoms with Gasteiger partial charge in [-0.15, -0.1) is 0 Å². The van der Waals surface area contributed by atoms with E-state index in [9.17, 15) is 19.7 Å². The zero-order valence-corrected chi connectivity index (χ0v) is 20.4. The van der Waals surface area contributed by atoms with Gasteiger partial charge in [0.1, 0.15) is 24.1 Å². The van der Waals surface area contributed by atoms with Crippen LogP contribution in [0.15, 0.2) is 76.4 Å². The molecule has 1 aliphatic heterocycles. The van der Waals surface area contributed by atoms with E-state index in [0.717, 1.165) is 0 Å². The van der Waals surface area contributed by atoms with Crippen molar-refractivity contribution in [3.05, 3.63) is 93.9 Å². The smallest absolute Gasteiger partial charge is 0.269 e. The van der Waals surface area contributed by atoms with Gasteiger partial charge in [0.25, 0.3) is 17.5 Å². The van der Waals surface area contributed by atoms with Gasteiger partial charge >= 0.3 is 0 Å². The van der Waals surface area contributed by atoms with E-state index in [4.69, 9.17) is 13.9 Å². The summed E-state index contributed by atoms with van der Waals surface area (Å²) in [6.45, 7) is 0.210. The molecule has 1 aliphatic rings. The molecule has 0 radical (unpaired) electrons. The number of hydrogen-bond acceptors (Lipinski definition) is 8. The highest BCUT2D eigenvalue weighted by Crippen LogP contribution is 2.33. The highest BCUT2D eigenvalue weighted by atomic mass is 16.6. The Bertz CT molecular complexity index is 1270. The summed E-state index contributed by atoms with van der Waals surface area (Å²) in [6.07, 6.45) is 1.86. The van der Waals surface area contributed by atoms with Crippen LogP contribution in [-0.2, 0) is 9.53 Å². The van der Waals surface area contributed by atoms with Crippen molar-refractivity contribution in [2.24, 2.45) is 5.10 Å². The van der Waals surface area contributed by atoms with Gasteiger partial charge in [-0.1, -0.05) is 0 Å². The number of nitro groups is 1. The van der Waals surface area contributed by atoms with Crippen molar-refractivity contribution < 1.29 is 28.4 Å². The number of benzene rings is 2. The Labute approximate surface area is 213 Å². The van der Waals surface area contributed by atoms with Crippen molar-refractivity contribution in [2.75, 3.05) is 33.9 Å². The van der Waals surface area contributed by atoms with Gasteiger partial charge in [-0.2, -0.15) is 5.10 Å². The second kappa shape index (κ2) is 11.5. The molecule has 192 valence electrons. The molecule has 1 aromatic heterocycles. The first-order valence-corrected chi connectivity index (χ1v) is 11.5. The summed E-state index contributed by atoms with van der Waals surface area (Å²) in [4.78, 5) is 38.7. The fraction of sp³-hybridized carbons (Fsp3) is 0.269. The van der Waals surface area contributed by atoms with Crippen molar-refractivity contribution in [3.8, 4) is 5.75 Å². The van der Waals surface area contributed by atoms with Crippen LogP contribution in [0.5, 0.6) is 5.75 Å². The van der Waals surface area contributed by atoms with Crippen LogP contribution in [0.2, 0.25) is 0 Å². The van der Waals surface area contributed by atoms with Gasteiger partial charge in [0.2, 0.25) is 0 Å². The van der Waals surface area contributed by atoms with Gasteiger partial charge in [-0.25, -0.2) is 5.01 Å². The Morgan fingerprint density at radius 3 is 2.46 bits per heavy atom. The second-order valence-electron chi connectivity index (χ2n) is 8.27. The number of hydrazone groups is 1. The van der Waals surface area contributed by atoms with Crippen LogP contribution in [0.3, 0.4) is 0 Å². The molecule has 11 heteroatoms. The van der Waals surface area contributed by atoms with Crippen LogP contribution in [0, 0.1) is 10.1 Å². The molecule has 3 aromatic rings. The first-order valence-electron chi connectivity index (χ1n) is 11.5. The Kier molecular flexibility index (Phi) is 7.94. The number of carbonyl (C=O) groups excluding carboxylic acids is 2. The predicted molar refractivity (Wildman–Crippen MR) is 133 cm³/mol. The van der Waals surface area contributed by atoms with Crippen molar-refractivity contribution >= 4 is 23.2 Å². The molecule has 2 amide bonds. The molecule has 0 saturated heterocycles. The molecule has 37 heavy (non-hydrogen) atoms. The molecule has 1 unspecified atom stereocenters. The largest absolute Gasteiger partial charge is 0.497 e. The Hall–Kier alpha value is -4.51. The van der Waals surface area contributed by atoms with Crippen molar-refractivity contribution in [1.82, 2.24) is 9.91 Å². The van der Waals surface area contributed by atoms with Gasteiger partial charge < -0.3 is 18.8 Å². The summed E-state index contributed by atoms with van der Waals surface area (Å²) in [5, 5.41) is 16.9. The average Bonchev–Trinajstić information content (AvgIpc) is 3.61. The minimum atomic E-state index is -0.520. The lowest BCUT2D eigenvalue weighted by Crippen LogP contribution is -2.42. The molecule has 1 atom stereocenters. The van der Waals surface area contributed by atoms with E-state index in [1.54, 1.807) is 48.5 Å². The molecule has 11 nitrogen and oxygen atoms in total. The average molecular weight is 507 g/mol. The van der Waals surface area contributed by atoms with E-state index in [-0.39, 0.29) is 31.3 Å². The summed E-state index contributed by atoms with van der Waals surface area (Å²) in [5.74, 6) is 0.416. The topological polar surface area (TPSA) is 128 Å². The van der Waals surface area contributed by atoms with E-state index in [0.29, 0.717) is 34.8 Å². The molecular weight excluding hydrogens is 480 g/mol. The minimum absolute atomic E-state index is 0.0382. The number of nitro benzene ring substituents is 1.